The summed E-state index contributed by atoms with van der Waals surface area (Å²) in [5, 5.41) is 4.21. The molecule has 0 bridgehead atoms. The van der Waals surface area contributed by atoms with E-state index in [4.69, 9.17) is 16.3 Å². The molecule has 5 nitrogen and oxygen atoms in total. The van der Waals surface area contributed by atoms with Crippen LogP contribution in [-0.2, 0) is 11.8 Å². The molecule has 1 saturated heterocycles. The molecular formula is C13H20ClN3O2. The van der Waals surface area contributed by atoms with Gasteiger partial charge in [0, 0.05) is 20.1 Å². The van der Waals surface area contributed by atoms with Crippen molar-refractivity contribution in [1.29, 1.82) is 0 Å². The van der Waals surface area contributed by atoms with Gasteiger partial charge in [0.05, 0.1) is 23.3 Å². The minimum absolute atomic E-state index is 0.0189. The van der Waals surface area contributed by atoms with Gasteiger partial charge in [-0.15, -0.1) is 11.6 Å². The van der Waals surface area contributed by atoms with E-state index < -0.39 is 0 Å². The maximum absolute atomic E-state index is 12.5. The largest absolute Gasteiger partial charge is 0.367 e. The number of aromatic nitrogens is 2. The Hall–Kier alpha value is -1.07. The fourth-order valence-electron chi connectivity index (χ4n) is 2.50. The van der Waals surface area contributed by atoms with Crippen molar-refractivity contribution in [2.24, 2.45) is 7.05 Å². The molecule has 1 aliphatic heterocycles. The number of nitrogens with zero attached hydrogens (tertiary/aromatic N) is 3. The molecule has 19 heavy (non-hydrogen) atoms. The van der Waals surface area contributed by atoms with Crippen LogP contribution in [-0.4, -0.2) is 51.3 Å². The molecule has 106 valence electrons. The van der Waals surface area contributed by atoms with Gasteiger partial charge in [-0.25, -0.2) is 0 Å². The van der Waals surface area contributed by atoms with E-state index in [2.05, 4.69) is 5.10 Å². The second kappa shape index (κ2) is 5.13. The smallest absolute Gasteiger partial charge is 0.272 e. The van der Waals surface area contributed by atoms with Crippen LogP contribution in [0.5, 0.6) is 0 Å². The average molecular weight is 286 g/mol. The van der Waals surface area contributed by atoms with E-state index in [0.29, 0.717) is 24.7 Å². The van der Waals surface area contributed by atoms with E-state index in [1.54, 1.807) is 22.7 Å². The number of aryl methyl sites for hydroxylation is 2. The SMILES string of the molecule is Cc1cc(C(=O)N2CC(CCl)OC(C)(C)C2)n(C)n1. The van der Waals surface area contributed by atoms with E-state index in [0.717, 1.165) is 5.69 Å². The highest BCUT2D eigenvalue weighted by Crippen LogP contribution is 2.23. The Kier molecular flexibility index (Phi) is 3.87. The Bertz CT molecular complexity index is 484. The van der Waals surface area contributed by atoms with Crippen LogP contribution in [0.2, 0.25) is 0 Å². The topological polar surface area (TPSA) is 47.4 Å². The summed E-state index contributed by atoms with van der Waals surface area (Å²) in [5.41, 5.74) is 1.07. The molecule has 1 aromatic heterocycles. The highest BCUT2D eigenvalue weighted by atomic mass is 35.5. The lowest BCUT2D eigenvalue weighted by Gasteiger charge is -2.42. The molecule has 2 heterocycles. The van der Waals surface area contributed by atoms with Gasteiger partial charge in [-0.05, 0) is 26.8 Å². The lowest BCUT2D eigenvalue weighted by Crippen LogP contribution is -2.55. The van der Waals surface area contributed by atoms with Crippen molar-refractivity contribution >= 4 is 17.5 Å². The zero-order chi connectivity index (χ0) is 14.2. The van der Waals surface area contributed by atoms with Gasteiger partial charge in [-0.2, -0.15) is 5.10 Å². The Balaban J connectivity index is 2.21. The predicted molar refractivity (Wildman–Crippen MR) is 73.5 cm³/mol. The van der Waals surface area contributed by atoms with Gasteiger partial charge in [-0.1, -0.05) is 0 Å². The van der Waals surface area contributed by atoms with E-state index in [1.165, 1.54) is 0 Å². The monoisotopic (exact) mass is 285 g/mol. The molecule has 0 radical (unpaired) electrons. The second-order valence-electron chi connectivity index (χ2n) is 5.63. The van der Waals surface area contributed by atoms with Crippen molar-refractivity contribution in [2.45, 2.75) is 32.5 Å². The third-order valence-corrected chi connectivity index (χ3v) is 3.51. The third kappa shape index (κ3) is 3.09. The highest BCUT2D eigenvalue weighted by Gasteiger charge is 2.36. The highest BCUT2D eigenvalue weighted by molar-refractivity contribution is 6.18. The van der Waals surface area contributed by atoms with Crippen LogP contribution in [0.3, 0.4) is 0 Å². The number of alkyl halides is 1. The van der Waals surface area contributed by atoms with Crippen LogP contribution < -0.4 is 0 Å². The number of hydrogen-bond donors (Lipinski definition) is 0. The molecule has 6 heteroatoms. The number of carbonyl (C=O) groups excluding carboxylic acids is 1. The molecule has 0 saturated carbocycles. The lowest BCUT2D eigenvalue weighted by atomic mass is 10.1. The van der Waals surface area contributed by atoms with Crippen LogP contribution in [0.25, 0.3) is 0 Å². The number of carbonyl (C=O) groups is 1. The zero-order valence-electron chi connectivity index (χ0n) is 11.8. The van der Waals surface area contributed by atoms with Crippen LogP contribution in [0.1, 0.15) is 30.0 Å². The molecule has 1 unspecified atom stereocenters. The van der Waals surface area contributed by atoms with E-state index in [9.17, 15) is 4.79 Å². The Morgan fingerprint density at radius 2 is 2.32 bits per heavy atom. The molecule has 1 aliphatic rings. The van der Waals surface area contributed by atoms with Crippen molar-refractivity contribution in [3.8, 4) is 0 Å². The molecule has 1 aromatic rings. The Morgan fingerprint density at radius 1 is 1.63 bits per heavy atom. The van der Waals surface area contributed by atoms with Crippen molar-refractivity contribution in [2.75, 3.05) is 19.0 Å². The third-order valence-electron chi connectivity index (χ3n) is 3.16. The molecule has 0 N–H and O–H groups in total. The fourth-order valence-corrected chi connectivity index (χ4v) is 2.66. The number of morpholine rings is 1. The number of hydrogen-bond acceptors (Lipinski definition) is 3. The number of ether oxygens (including phenoxy) is 1. The van der Waals surface area contributed by atoms with Gasteiger partial charge in [0.1, 0.15) is 5.69 Å². The Labute approximate surface area is 118 Å². The van der Waals surface area contributed by atoms with Crippen LogP contribution in [0.4, 0.5) is 0 Å². The molecule has 0 spiro atoms. The molecule has 1 fully saturated rings. The number of rotatable bonds is 2. The minimum Gasteiger partial charge on any atom is -0.367 e. The van der Waals surface area contributed by atoms with E-state index in [-0.39, 0.29) is 17.6 Å². The first-order valence-electron chi connectivity index (χ1n) is 6.36. The summed E-state index contributed by atoms with van der Waals surface area (Å²) >= 11 is 5.88. The summed E-state index contributed by atoms with van der Waals surface area (Å²) in [4.78, 5) is 14.3. The first-order chi connectivity index (χ1) is 8.82. The summed E-state index contributed by atoms with van der Waals surface area (Å²) in [6.45, 7) is 6.90. The average Bonchev–Trinajstić information content (AvgIpc) is 2.65. The number of halogens is 1. The molecule has 0 aliphatic carbocycles. The van der Waals surface area contributed by atoms with Gasteiger partial charge < -0.3 is 9.64 Å². The van der Waals surface area contributed by atoms with Gasteiger partial charge in [0.15, 0.2) is 0 Å². The molecule has 0 aromatic carbocycles. The molecule has 1 atom stereocenters. The molecule has 1 amide bonds. The van der Waals surface area contributed by atoms with Crippen LogP contribution >= 0.6 is 11.6 Å². The summed E-state index contributed by atoms with van der Waals surface area (Å²) in [5.74, 6) is 0.368. The van der Waals surface area contributed by atoms with E-state index >= 15 is 0 Å². The van der Waals surface area contributed by atoms with Gasteiger partial charge in [0.2, 0.25) is 0 Å². The van der Waals surface area contributed by atoms with Crippen LogP contribution in [0.15, 0.2) is 6.07 Å². The summed E-state index contributed by atoms with van der Waals surface area (Å²) in [7, 11) is 1.78. The lowest BCUT2D eigenvalue weighted by molar-refractivity contribution is -0.117. The summed E-state index contributed by atoms with van der Waals surface area (Å²) < 4.78 is 7.45. The van der Waals surface area contributed by atoms with Crippen molar-refractivity contribution in [3.63, 3.8) is 0 Å². The minimum atomic E-state index is -0.374. The zero-order valence-corrected chi connectivity index (χ0v) is 12.6. The first kappa shape index (κ1) is 14.3. The molecule has 2 rings (SSSR count). The van der Waals surface area contributed by atoms with Gasteiger partial charge in [0.25, 0.3) is 5.91 Å². The number of amides is 1. The Morgan fingerprint density at radius 3 is 2.84 bits per heavy atom. The summed E-state index contributed by atoms with van der Waals surface area (Å²) in [6, 6.07) is 1.81. The normalized spacial score (nSPS) is 22.6. The quantitative estimate of drug-likeness (QED) is 0.775. The van der Waals surface area contributed by atoms with Crippen molar-refractivity contribution < 1.29 is 9.53 Å². The first-order valence-corrected chi connectivity index (χ1v) is 6.89. The van der Waals surface area contributed by atoms with Crippen molar-refractivity contribution in [3.05, 3.63) is 17.5 Å². The maximum atomic E-state index is 12.5. The maximum Gasteiger partial charge on any atom is 0.272 e. The van der Waals surface area contributed by atoms with Crippen LogP contribution in [0, 0.1) is 6.92 Å². The second-order valence-corrected chi connectivity index (χ2v) is 5.94. The van der Waals surface area contributed by atoms with Crippen molar-refractivity contribution in [1.82, 2.24) is 14.7 Å². The van der Waals surface area contributed by atoms with E-state index in [1.807, 2.05) is 20.8 Å². The fraction of sp³-hybridized carbons (Fsp3) is 0.692. The van der Waals surface area contributed by atoms with Gasteiger partial charge in [-0.3, -0.25) is 9.48 Å². The standard InChI is InChI=1S/C13H20ClN3O2/c1-9-5-11(16(4)15-9)12(18)17-7-10(6-14)19-13(2,3)8-17/h5,10H,6-8H2,1-4H3. The van der Waals surface area contributed by atoms with Gasteiger partial charge >= 0.3 is 0 Å². The predicted octanol–water partition coefficient (Wildman–Crippen LogP) is 1.59. The molecular weight excluding hydrogens is 266 g/mol. The summed E-state index contributed by atoms with van der Waals surface area (Å²) in [6.07, 6.45) is -0.122.